The van der Waals surface area contributed by atoms with Crippen LogP contribution in [0, 0.1) is 11.8 Å². The third kappa shape index (κ3) is 4.20. The molecule has 84 valence electrons. The number of hydrogen-bond acceptors (Lipinski definition) is 3. The van der Waals surface area contributed by atoms with Crippen LogP contribution in [-0.4, -0.2) is 17.4 Å². The Kier molecular flexibility index (Phi) is 4.62. The molecule has 0 saturated heterocycles. The lowest BCUT2D eigenvalue weighted by Crippen LogP contribution is -2.20. The van der Waals surface area contributed by atoms with Gasteiger partial charge in [0.05, 0.1) is 5.69 Å². The Bertz CT molecular complexity index is 448. The quantitative estimate of drug-likeness (QED) is 0.461. The molecule has 3 N–H and O–H groups in total. The molecule has 0 atom stereocenters. The van der Waals surface area contributed by atoms with E-state index in [2.05, 4.69) is 22.1 Å². The van der Waals surface area contributed by atoms with Gasteiger partial charge in [-0.2, -0.15) is 0 Å². The molecule has 0 spiro atoms. The van der Waals surface area contributed by atoms with Crippen LogP contribution < -0.4 is 11.1 Å². The zero-order valence-corrected chi connectivity index (χ0v) is 9.64. The molecule has 0 aliphatic carbocycles. The molecule has 0 aromatic carbocycles. The molecule has 4 nitrogen and oxygen atoms in total. The standard InChI is InChI=1S/C11H12ClN3O/c1-8(16)14-5-3-2-4-9-6-10(13)11(12)15-7-9/h6-7H,3,5,13H2,1H3,(H,14,16). The van der Waals surface area contributed by atoms with E-state index in [0.29, 0.717) is 24.2 Å². The molecule has 0 aliphatic heterocycles. The van der Waals surface area contributed by atoms with Crippen molar-refractivity contribution in [3.8, 4) is 11.8 Å². The van der Waals surface area contributed by atoms with E-state index in [9.17, 15) is 4.79 Å². The van der Waals surface area contributed by atoms with Crippen LogP contribution in [0.2, 0.25) is 5.15 Å². The average molecular weight is 238 g/mol. The second-order valence-electron chi connectivity index (χ2n) is 3.14. The van der Waals surface area contributed by atoms with E-state index >= 15 is 0 Å². The molecule has 16 heavy (non-hydrogen) atoms. The number of nitrogen functional groups attached to an aromatic ring is 1. The zero-order valence-electron chi connectivity index (χ0n) is 8.88. The molecule has 1 aromatic rings. The lowest BCUT2D eigenvalue weighted by Gasteiger charge is -1.96. The van der Waals surface area contributed by atoms with Crippen molar-refractivity contribution in [2.24, 2.45) is 0 Å². The smallest absolute Gasteiger partial charge is 0.216 e. The Morgan fingerprint density at radius 1 is 1.69 bits per heavy atom. The molecular formula is C11H12ClN3O. The predicted octanol–water partition coefficient (Wildman–Crippen LogP) is 1.19. The number of aromatic nitrogens is 1. The average Bonchev–Trinajstić information content (AvgIpc) is 2.22. The van der Waals surface area contributed by atoms with Crippen molar-refractivity contribution in [2.75, 3.05) is 12.3 Å². The number of rotatable bonds is 2. The molecule has 0 aliphatic rings. The van der Waals surface area contributed by atoms with Crippen LogP contribution in [0.4, 0.5) is 5.69 Å². The van der Waals surface area contributed by atoms with Crippen LogP contribution in [0.1, 0.15) is 18.9 Å². The van der Waals surface area contributed by atoms with E-state index < -0.39 is 0 Å². The summed E-state index contributed by atoms with van der Waals surface area (Å²) >= 11 is 5.67. The Hall–Kier alpha value is -1.73. The third-order valence-corrected chi connectivity index (χ3v) is 2.04. The van der Waals surface area contributed by atoms with E-state index in [0.717, 1.165) is 0 Å². The first-order valence-corrected chi connectivity index (χ1v) is 5.11. The highest BCUT2D eigenvalue weighted by molar-refractivity contribution is 6.31. The van der Waals surface area contributed by atoms with E-state index in [-0.39, 0.29) is 11.1 Å². The molecule has 1 rings (SSSR count). The highest BCUT2D eigenvalue weighted by Crippen LogP contribution is 2.15. The minimum atomic E-state index is -0.0563. The minimum Gasteiger partial charge on any atom is -0.396 e. The van der Waals surface area contributed by atoms with Gasteiger partial charge in [0.15, 0.2) is 5.15 Å². The summed E-state index contributed by atoms with van der Waals surface area (Å²) in [6.45, 7) is 2.01. The number of anilines is 1. The van der Waals surface area contributed by atoms with Crippen molar-refractivity contribution in [3.05, 3.63) is 23.0 Å². The van der Waals surface area contributed by atoms with Crippen LogP contribution in [0.3, 0.4) is 0 Å². The predicted molar refractivity (Wildman–Crippen MR) is 63.8 cm³/mol. The zero-order chi connectivity index (χ0) is 12.0. The summed E-state index contributed by atoms with van der Waals surface area (Å²) in [4.78, 5) is 14.4. The molecule has 1 heterocycles. The fourth-order valence-electron chi connectivity index (χ4n) is 0.999. The van der Waals surface area contributed by atoms with Gasteiger partial charge < -0.3 is 11.1 Å². The maximum absolute atomic E-state index is 10.6. The molecular weight excluding hydrogens is 226 g/mol. The van der Waals surface area contributed by atoms with Gasteiger partial charge in [0.25, 0.3) is 0 Å². The van der Waals surface area contributed by atoms with Crippen molar-refractivity contribution in [2.45, 2.75) is 13.3 Å². The van der Waals surface area contributed by atoms with Gasteiger partial charge in [-0.15, -0.1) is 0 Å². The van der Waals surface area contributed by atoms with Gasteiger partial charge in [-0.3, -0.25) is 4.79 Å². The Morgan fingerprint density at radius 3 is 3.06 bits per heavy atom. The fraction of sp³-hybridized carbons (Fsp3) is 0.273. The molecule has 0 radical (unpaired) electrons. The maximum Gasteiger partial charge on any atom is 0.216 e. The van der Waals surface area contributed by atoms with Crippen LogP contribution in [0.15, 0.2) is 12.3 Å². The summed E-state index contributed by atoms with van der Waals surface area (Å²) in [5.41, 5.74) is 6.70. The molecule has 0 unspecified atom stereocenters. The third-order valence-electron chi connectivity index (χ3n) is 1.72. The normalized spacial score (nSPS) is 9.12. The number of carbonyl (C=O) groups is 1. The molecule has 1 amide bonds. The highest BCUT2D eigenvalue weighted by atomic mass is 35.5. The van der Waals surface area contributed by atoms with Crippen molar-refractivity contribution >= 4 is 23.2 Å². The Balaban J connectivity index is 2.50. The van der Waals surface area contributed by atoms with E-state index in [1.807, 2.05) is 0 Å². The molecule has 0 saturated carbocycles. The molecule has 1 aromatic heterocycles. The van der Waals surface area contributed by atoms with Gasteiger partial charge in [-0.05, 0) is 6.07 Å². The number of halogens is 1. The first-order chi connectivity index (χ1) is 7.59. The summed E-state index contributed by atoms with van der Waals surface area (Å²) in [6.07, 6.45) is 2.15. The summed E-state index contributed by atoms with van der Waals surface area (Å²) in [5.74, 6) is 5.73. The van der Waals surface area contributed by atoms with Crippen molar-refractivity contribution in [1.82, 2.24) is 10.3 Å². The van der Waals surface area contributed by atoms with Crippen molar-refractivity contribution < 1.29 is 4.79 Å². The number of hydrogen-bond donors (Lipinski definition) is 2. The van der Waals surface area contributed by atoms with Crippen LogP contribution in [0.5, 0.6) is 0 Å². The van der Waals surface area contributed by atoms with Gasteiger partial charge in [0.1, 0.15) is 0 Å². The van der Waals surface area contributed by atoms with Crippen LogP contribution in [0.25, 0.3) is 0 Å². The lowest BCUT2D eigenvalue weighted by atomic mass is 10.2. The molecule has 5 heteroatoms. The summed E-state index contributed by atoms with van der Waals surface area (Å²) in [5, 5.41) is 2.93. The SMILES string of the molecule is CC(=O)NCCC#Cc1cnc(Cl)c(N)c1. The van der Waals surface area contributed by atoms with Gasteiger partial charge in [-0.25, -0.2) is 4.98 Å². The Labute approximate surface area is 99.2 Å². The van der Waals surface area contributed by atoms with Crippen LogP contribution in [-0.2, 0) is 4.79 Å². The summed E-state index contributed by atoms with van der Waals surface area (Å²) in [6, 6.07) is 1.67. The van der Waals surface area contributed by atoms with Gasteiger partial charge in [0.2, 0.25) is 5.91 Å². The van der Waals surface area contributed by atoms with Crippen molar-refractivity contribution in [1.29, 1.82) is 0 Å². The highest BCUT2D eigenvalue weighted by Gasteiger charge is 1.96. The van der Waals surface area contributed by atoms with E-state index in [1.54, 1.807) is 12.3 Å². The topological polar surface area (TPSA) is 68.0 Å². The molecule has 0 bridgehead atoms. The summed E-state index contributed by atoms with van der Waals surface area (Å²) < 4.78 is 0. The molecule has 0 fully saturated rings. The van der Waals surface area contributed by atoms with Crippen molar-refractivity contribution in [3.63, 3.8) is 0 Å². The number of nitrogens with two attached hydrogens (primary N) is 1. The van der Waals surface area contributed by atoms with E-state index in [4.69, 9.17) is 17.3 Å². The second kappa shape index (κ2) is 5.99. The lowest BCUT2D eigenvalue weighted by molar-refractivity contribution is -0.118. The van der Waals surface area contributed by atoms with Gasteiger partial charge in [0, 0.05) is 31.6 Å². The summed E-state index contributed by atoms with van der Waals surface area (Å²) in [7, 11) is 0. The number of nitrogens with zero attached hydrogens (tertiary/aromatic N) is 1. The van der Waals surface area contributed by atoms with E-state index in [1.165, 1.54) is 6.92 Å². The van der Waals surface area contributed by atoms with Gasteiger partial charge >= 0.3 is 0 Å². The monoisotopic (exact) mass is 237 g/mol. The Morgan fingerprint density at radius 2 is 2.44 bits per heavy atom. The number of pyridine rings is 1. The maximum atomic E-state index is 10.6. The first-order valence-electron chi connectivity index (χ1n) is 4.74. The van der Waals surface area contributed by atoms with Gasteiger partial charge in [-0.1, -0.05) is 23.4 Å². The second-order valence-corrected chi connectivity index (χ2v) is 3.50. The first kappa shape index (κ1) is 12.3. The largest absolute Gasteiger partial charge is 0.396 e. The number of carbonyl (C=O) groups excluding carboxylic acids is 1. The van der Waals surface area contributed by atoms with Crippen LogP contribution >= 0.6 is 11.6 Å². The number of amides is 1. The number of nitrogens with one attached hydrogen (secondary N) is 1. The minimum absolute atomic E-state index is 0.0563. The fourth-order valence-corrected chi connectivity index (χ4v) is 1.10.